The van der Waals surface area contributed by atoms with Gasteiger partial charge in [-0.05, 0) is 43.9 Å². The first-order chi connectivity index (χ1) is 8.00. The Morgan fingerprint density at radius 1 is 1.35 bits per heavy atom. The van der Waals surface area contributed by atoms with Crippen molar-refractivity contribution in [3.05, 3.63) is 0 Å². The molecule has 1 saturated carbocycles. The fourth-order valence-electron chi connectivity index (χ4n) is 2.72. The molecule has 100 valence electrons. The normalized spacial score (nSPS) is 29.6. The largest absolute Gasteiger partial charge is 0.370 e. The van der Waals surface area contributed by atoms with Crippen LogP contribution in [0.25, 0.3) is 0 Å². The van der Waals surface area contributed by atoms with Gasteiger partial charge < -0.3 is 4.74 Å². The van der Waals surface area contributed by atoms with E-state index in [0.29, 0.717) is 18.1 Å². The molecule has 2 nitrogen and oxygen atoms in total. The van der Waals surface area contributed by atoms with Gasteiger partial charge in [-0.1, -0.05) is 27.2 Å². The van der Waals surface area contributed by atoms with Crippen LogP contribution in [0.2, 0.25) is 0 Å². The molecule has 1 aliphatic carbocycles. The molecule has 0 atom stereocenters. The van der Waals surface area contributed by atoms with Crippen LogP contribution >= 0.6 is 0 Å². The number of rotatable bonds is 6. The van der Waals surface area contributed by atoms with E-state index in [0.717, 1.165) is 44.4 Å². The summed E-state index contributed by atoms with van der Waals surface area (Å²) in [4.78, 5) is 12.3. The molecule has 2 heteroatoms. The first-order valence-electron chi connectivity index (χ1n) is 7.08. The summed E-state index contributed by atoms with van der Waals surface area (Å²) in [7, 11) is 1.70. The minimum Gasteiger partial charge on any atom is -0.370 e. The van der Waals surface area contributed by atoms with Gasteiger partial charge in [0.25, 0.3) is 0 Å². The van der Waals surface area contributed by atoms with E-state index in [1.165, 1.54) is 0 Å². The topological polar surface area (TPSA) is 26.3 Å². The van der Waals surface area contributed by atoms with Crippen LogP contribution in [0.5, 0.6) is 0 Å². The molecule has 17 heavy (non-hydrogen) atoms. The fraction of sp³-hybridized carbons (Fsp3) is 0.933. The number of ether oxygens (including phenoxy) is 1. The predicted octanol–water partition coefficient (Wildman–Crippen LogP) is 3.98. The molecule has 0 spiro atoms. The second kappa shape index (κ2) is 6.53. The highest BCUT2D eigenvalue weighted by atomic mass is 16.5. The maximum absolute atomic E-state index is 12.3. The monoisotopic (exact) mass is 240 g/mol. The lowest BCUT2D eigenvalue weighted by atomic mass is 9.76. The molecule has 0 radical (unpaired) electrons. The van der Waals surface area contributed by atoms with Crippen LogP contribution < -0.4 is 0 Å². The summed E-state index contributed by atoms with van der Waals surface area (Å²) in [5, 5.41) is 0. The highest BCUT2D eigenvalue weighted by Crippen LogP contribution is 2.36. The number of carbonyl (C=O) groups is 1. The van der Waals surface area contributed by atoms with Crippen molar-refractivity contribution in [2.45, 2.75) is 71.3 Å². The van der Waals surface area contributed by atoms with E-state index in [-0.39, 0.29) is 0 Å². The smallest absolute Gasteiger partial charge is 0.164 e. The Balaban J connectivity index is 2.46. The fourth-order valence-corrected chi connectivity index (χ4v) is 2.72. The third kappa shape index (κ3) is 4.09. The SMILES string of the molecule is COC1(C(=O)CCCC(C)C)CCC(C)CC1. The van der Waals surface area contributed by atoms with E-state index in [2.05, 4.69) is 20.8 Å². The molecule has 0 N–H and O–H groups in total. The van der Waals surface area contributed by atoms with Crippen molar-refractivity contribution in [3.63, 3.8) is 0 Å². The molecule has 0 aliphatic heterocycles. The molecular weight excluding hydrogens is 212 g/mol. The van der Waals surface area contributed by atoms with E-state index in [1.54, 1.807) is 7.11 Å². The lowest BCUT2D eigenvalue weighted by molar-refractivity contribution is -0.146. The Morgan fingerprint density at radius 3 is 2.41 bits per heavy atom. The maximum atomic E-state index is 12.3. The molecule has 1 aliphatic rings. The summed E-state index contributed by atoms with van der Waals surface area (Å²) in [6.45, 7) is 6.68. The van der Waals surface area contributed by atoms with Gasteiger partial charge in [-0.3, -0.25) is 4.79 Å². The molecule has 0 bridgehead atoms. The molecule has 0 saturated heterocycles. The molecule has 0 aromatic carbocycles. The van der Waals surface area contributed by atoms with Crippen molar-refractivity contribution in [3.8, 4) is 0 Å². The third-order valence-electron chi connectivity index (χ3n) is 4.17. The van der Waals surface area contributed by atoms with E-state index in [4.69, 9.17) is 4.74 Å². The Labute approximate surface area is 106 Å². The highest BCUT2D eigenvalue weighted by Gasteiger charge is 2.40. The van der Waals surface area contributed by atoms with Crippen molar-refractivity contribution in [2.75, 3.05) is 7.11 Å². The lowest BCUT2D eigenvalue weighted by Gasteiger charge is -2.37. The Bertz CT molecular complexity index is 237. The van der Waals surface area contributed by atoms with Gasteiger partial charge >= 0.3 is 0 Å². The van der Waals surface area contributed by atoms with Crippen molar-refractivity contribution >= 4 is 5.78 Å². The van der Waals surface area contributed by atoms with Crippen LogP contribution in [-0.2, 0) is 9.53 Å². The number of hydrogen-bond donors (Lipinski definition) is 0. The van der Waals surface area contributed by atoms with Crippen molar-refractivity contribution in [2.24, 2.45) is 11.8 Å². The molecule has 1 rings (SSSR count). The summed E-state index contributed by atoms with van der Waals surface area (Å²) in [6, 6.07) is 0. The van der Waals surface area contributed by atoms with Crippen molar-refractivity contribution < 1.29 is 9.53 Å². The summed E-state index contributed by atoms with van der Waals surface area (Å²) in [5.41, 5.74) is -0.441. The van der Waals surface area contributed by atoms with Gasteiger partial charge in [-0.25, -0.2) is 0 Å². The molecule has 0 amide bonds. The zero-order valence-electron chi connectivity index (χ0n) is 11.9. The molecular formula is C15H28O2. The van der Waals surface area contributed by atoms with Crippen molar-refractivity contribution in [1.29, 1.82) is 0 Å². The first-order valence-corrected chi connectivity index (χ1v) is 7.08. The van der Waals surface area contributed by atoms with E-state index in [1.807, 2.05) is 0 Å². The summed E-state index contributed by atoms with van der Waals surface area (Å²) in [6.07, 6.45) is 6.95. The lowest BCUT2D eigenvalue weighted by Crippen LogP contribution is -2.43. The minimum atomic E-state index is -0.441. The van der Waals surface area contributed by atoms with Gasteiger partial charge in [-0.15, -0.1) is 0 Å². The first kappa shape index (κ1) is 14.7. The Morgan fingerprint density at radius 2 is 1.94 bits per heavy atom. The molecule has 0 heterocycles. The number of carbonyl (C=O) groups excluding carboxylic acids is 1. The summed E-state index contributed by atoms with van der Waals surface area (Å²) in [5.74, 6) is 1.78. The van der Waals surface area contributed by atoms with Crippen LogP contribution in [0, 0.1) is 11.8 Å². The minimum absolute atomic E-state index is 0.340. The highest BCUT2D eigenvalue weighted by molar-refractivity contribution is 5.87. The summed E-state index contributed by atoms with van der Waals surface area (Å²) >= 11 is 0. The van der Waals surface area contributed by atoms with Gasteiger partial charge in [0.2, 0.25) is 0 Å². The zero-order chi connectivity index (χ0) is 12.9. The average Bonchev–Trinajstić information content (AvgIpc) is 2.30. The molecule has 1 fully saturated rings. The Hall–Kier alpha value is -0.370. The van der Waals surface area contributed by atoms with Crippen LogP contribution in [0.1, 0.15) is 65.7 Å². The molecule has 0 aromatic heterocycles. The van der Waals surface area contributed by atoms with Gasteiger partial charge in [0.1, 0.15) is 5.60 Å². The average molecular weight is 240 g/mol. The number of methoxy groups -OCH3 is 1. The number of hydrogen-bond acceptors (Lipinski definition) is 2. The third-order valence-corrected chi connectivity index (χ3v) is 4.17. The quantitative estimate of drug-likeness (QED) is 0.702. The van der Waals surface area contributed by atoms with E-state index < -0.39 is 5.60 Å². The molecule has 0 unspecified atom stereocenters. The van der Waals surface area contributed by atoms with E-state index in [9.17, 15) is 4.79 Å². The Kier molecular flexibility index (Phi) is 5.64. The maximum Gasteiger partial charge on any atom is 0.164 e. The van der Waals surface area contributed by atoms with Crippen molar-refractivity contribution in [1.82, 2.24) is 0 Å². The van der Waals surface area contributed by atoms with Gasteiger partial charge in [-0.2, -0.15) is 0 Å². The van der Waals surface area contributed by atoms with Gasteiger partial charge in [0.05, 0.1) is 0 Å². The van der Waals surface area contributed by atoms with Gasteiger partial charge in [0.15, 0.2) is 5.78 Å². The predicted molar refractivity (Wildman–Crippen MR) is 71.1 cm³/mol. The van der Waals surface area contributed by atoms with Crippen LogP contribution in [0.15, 0.2) is 0 Å². The van der Waals surface area contributed by atoms with Crippen LogP contribution in [-0.4, -0.2) is 18.5 Å². The second-order valence-corrected chi connectivity index (χ2v) is 6.09. The van der Waals surface area contributed by atoms with E-state index >= 15 is 0 Å². The van der Waals surface area contributed by atoms with Crippen LogP contribution in [0.4, 0.5) is 0 Å². The van der Waals surface area contributed by atoms with Crippen LogP contribution in [0.3, 0.4) is 0 Å². The number of ketones is 1. The summed E-state index contributed by atoms with van der Waals surface area (Å²) < 4.78 is 5.60. The molecule has 0 aromatic rings. The zero-order valence-corrected chi connectivity index (χ0v) is 11.9. The number of Topliss-reactive ketones (excluding diaryl/α,β-unsaturated/α-hetero) is 1. The second-order valence-electron chi connectivity index (χ2n) is 6.09. The van der Waals surface area contributed by atoms with Gasteiger partial charge in [0, 0.05) is 13.5 Å². The standard InChI is InChI=1S/C15H28O2/c1-12(2)6-5-7-14(16)15(17-4)10-8-13(3)9-11-15/h12-13H,5-11H2,1-4H3.